The van der Waals surface area contributed by atoms with Gasteiger partial charge in [-0.2, -0.15) is 0 Å². The number of ether oxygens (including phenoxy) is 1. The molecule has 26 heavy (non-hydrogen) atoms. The van der Waals surface area contributed by atoms with Crippen LogP contribution in [0.1, 0.15) is 15.9 Å². The lowest BCUT2D eigenvalue weighted by Crippen LogP contribution is -3.09. The van der Waals surface area contributed by atoms with E-state index < -0.39 is 0 Å². The lowest BCUT2D eigenvalue weighted by Gasteiger charge is -2.23. The SMILES string of the molecule is COc1ccc(Cl)cc1C[NH+](C)CN1C(=O)c2cccc3cccc1c23. The number of amides is 1. The quantitative estimate of drug-likeness (QED) is 0.751. The molecule has 0 bridgehead atoms. The van der Waals surface area contributed by atoms with E-state index in [1.165, 1.54) is 4.90 Å². The standard InChI is InChI=1S/C21H19ClN2O2/c1-23(12-15-11-16(22)9-10-19(15)26-2)13-24-18-8-4-6-14-5-3-7-17(20(14)18)21(24)25/h3-11H,12-13H2,1-2H3/p+1. The van der Waals surface area contributed by atoms with E-state index in [9.17, 15) is 4.79 Å². The lowest BCUT2D eigenvalue weighted by molar-refractivity contribution is -0.892. The Morgan fingerprint density at radius 3 is 2.65 bits per heavy atom. The van der Waals surface area contributed by atoms with Crippen LogP contribution in [0.3, 0.4) is 0 Å². The second-order valence-corrected chi connectivity index (χ2v) is 7.10. The zero-order valence-electron chi connectivity index (χ0n) is 14.8. The molecule has 132 valence electrons. The molecule has 3 aromatic rings. The fourth-order valence-electron chi connectivity index (χ4n) is 3.67. The molecule has 4 rings (SSSR count). The highest BCUT2D eigenvalue weighted by Gasteiger charge is 2.31. The van der Waals surface area contributed by atoms with Crippen molar-refractivity contribution in [2.45, 2.75) is 6.54 Å². The first-order chi connectivity index (χ1) is 12.6. The number of hydrogen-bond acceptors (Lipinski definition) is 2. The molecule has 4 nitrogen and oxygen atoms in total. The molecule has 1 amide bonds. The van der Waals surface area contributed by atoms with Gasteiger partial charge in [0, 0.05) is 16.0 Å². The van der Waals surface area contributed by atoms with Crippen molar-refractivity contribution < 1.29 is 14.4 Å². The molecular weight excluding hydrogens is 348 g/mol. The Morgan fingerprint density at radius 1 is 1.12 bits per heavy atom. The van der Waals surface area contributed by atoms with Crippen LogP contribution in [0.15, 0.2) is 54.6 Å². The first kappa shape index (κ1) is 16.9. The molecular formula is C21H20ClN2O2+. The fraction of sp³-hybridized carbons (Fsp3) is 0.190. The Kier molecular flexibility index (Phi) is 4.31. The van der Waals surface area contributed by atoms with Gasteiger partial charge < -0.3 is 9.64 Å². The molecule has 0 aliphatic carbocycles. The van der Waals surface area contributed by atoms with Crippen molar-refractivity contribution in [2.24, 2.45) is 0 Å². The van der Waals surface area contributed by atoms with Gasteiger partial charge in [-0.25, -0.2) is 0 Å². The minimum atomic E-state index is 0.0641. The van der Waals surface area contributed by atoms with Gasteiger partial charge in [-0.1, -0.05) is 35.9 Å². The molecule has 0 saturated carbocycles. The number of methoxy groups -OCH3 is 1. The van der Waals surface area contributed by atoms with E-state index in [1.54, 1.807) is 7.11 Å². The average Bonchev–Trinajstić information content (AvgIpc) is 2.90. The number of carbonyl (C=O) groups excluding carboxylic acids is 1. The number of nitrogens with zero attached hydrogens (tertiary/aromatic N) is 1. The van der Waals surface area contributed by atoms with Gasteiger partial charge in [-0.15, -0.1) is 0 Å². The maximum Gasteiger partial charge on any atom is 0.263 e. The summed E-state index contributed by atoms with van der Waals surface area (Å²) in [5.74, 6) is 0.876. The molecule has 1 N–H and O–H groups in total. The molecule has 1 heterocycles. The Labute approximate surface area is 157 Å². The smallest absolute Gasteiger partial charge is 0.263 e. The molecule has 3 aromatic carbocycles. The van der Waals surface area contributed by atoms with Crippen LogP contribution in [0.4, 0.5) is 5.69 Å². The van der Waals surface area contributed by atoms with Crippen LogP contribution >= 0.6 is 11.6 Å². The van der Waals surface area contributed by atoms with E-state index in [0.29, 0.717) is 18.2 Å². The molecule has 1 atom stereocenters. The molecule has 1 unspecified atom stereocenters. The maximum atomic E-state index is 12.9. The summed E-state index contributed by atoms with van der Waals surface area (Å²) in [7, 11) is 3.72. The van der Waals surface area contributed by atoms with E-state index in [1.807, 2.05) is 59.5 Å². The van der Waals surface area contributed by atoms with Crippen molar-refractivity contribution in [3.8, 4) is 5.75 Å². The highest BCUT2D eigenvalue weighted by Crippen LogP contribution is 2.36. The van der Waals surface area contributed by atoms with Crippen LogP contribution in [0.2, 0.25) is 5.02 Å². The number of rotatable bonds is 5. The van der Waals surface area contributed by atoms with E-state index in [0.717, 1.165) is 33.3 Å². The van der Waals surface area contributed by atoms with E-state index in [-0.39, 0.29) is 5.91 Å². The van der Waals surface area contributed by atoms with Gasteiger partial charge in [-0.3, -0.25) is 9.69 Å². The Hall–Kier alpha value is -2.56. The monoisotopic (exact) mass is 367 g/mol. The fourth-order valence-corrected chi connectivity index (χ4v) is 3.87. The number of quaternary nitrogens is 1. The minimum Gasteiger partial charge on any atom is -0.496 e. The summed E-state index contributed by atoms with van der Waals surface area (Å²) in [6.45, 7) is 1.28. The summed E-state index contributed by atoms with van der Waals surface area (Å²) < 4.78 is 5.44. The van der Waals surface area contributed by atoms with Crippen LogP contribution in [0.5, 0.6) is 5.75 Å². The largest absolute Gasteiger partial charge is 0.496 e. The summed E-state index contributed by atoms with van der Waals surface area (Å²) in [6.07, 6.45) is 0. The highest BCUT2D eigenvalue weighted by atomic mass is 35.5. The van der Waals surface area contributed by atoms with E-state index >= 15 is 0 Å². The molecule has 0 fully saturated rings. The first-order valence-electron chi connectivity index (χ1n) is 8.56. The lowest BCUT2D eigenvalue weighted by atomic mass is 10.1. The highest BCUT2D eigenvalue weighted by molar-refractivity contribution is 6.30. The van der Waals surface area contributed by atoms with Gasteiger partial charge in [0.1, 0.15) is 12.3 Å². The third kappa shape index (κ3) is 2.81. The third-order valence-corrected chi connectivity index (χ3v) is 5.05. The van der Waals surface area contributed by atoms with Gasteiger partial charge in [0.05, 0.1) is 25.4 Å². The number of halogens is 1. The van der Waals surface area contributed by atoms with Gasteiger partial charge >= 0.3 is 0 Å². The second-order valence-electron chi connectivity index (χ2n) is 6.66. The van der Waals surface area contributed by atoms with Crippen molar-refractivity contribution in [3.05, 3.63) is 70.7 Å². The zero-order chi connectivity index (χ0) is 18.3. The molecule has 0 spiro atoms. The molecule has 5 heteroatoms. The van der Waals surface area contributed by atoms with Gasteiger partial charge in [-0.05, 0) is 35.7 Å². The molecule has 0 aromatic heterocycles. The van der Waals surface area contributed by atoms with Crippen LogP contribution in [0.25, 0.3) is 10.8 Å². The number of benzene rings is 3. The number of anilines is 1. The number of nitrogens with one attached hydrogen (secondary N) is 1. The third-order valence-electron chi connectivity index (χ3n) is 4.81. The van der Waals surface area contributed by atoms with Crippen LogP contribution in [0, 0.1) is 0 Å². The molecule has 1 aliphatic heterocycles. The van der Waals surface area contributed by atoms with Crippen molar-refractivity contribution >= 4 is 34.0 Å². The molecule has 1 aliphatic rings. The minimum absolute atomic E-state index is 0.0641. The number of hydrogen-bond donors (Lipinski definition) is 1. The number of carbonyl (C=O) groups is 1. The normalized spacial score (nSPS) is 14.1. The summed E-state index contributed by atoms with van der Waals surface area (Å²) in [6, 6.07) is 17.6. The predicted octanol–water partition coefficient (Wildman–Crippen LogP) is 3.13. The van der Waals surface area contributed by atoms with Gasteiger partial charge in [0.15, 0.2) is 6.67 Å². The Morgan fingerprint density at radius 2 is 1.88 bits per heavy atom. The summed E-state index contributed by atoms with van der Waals surface area (Å²) in [5, 5.41) is 2.83. The molecule has 0 radical (unpaired) electrons. The zero-order valence-corrected chi connectivity index (χ0v) is 15.5. The van der Waals surface area contributed by atoms with Crippen molar-refractivity contribution in [1.29, 1.82) is 0 Å². The van der Waals surface area contributed by atoms with E-state index in [4.69, 9.17) is 16.3 Å². The van der Waals surface area contributed by atoms with Crippen molar-refractivity contribution in [2.75, 3.05) is 25.7 Å². The molecule has 0 saturated heterocycles. The van der Waals surface area contributed by atoms with Gasteiger partial charge in [0.25, 0.3) is 5.91 Å². The maximum absolute atomic E-state index is 12.9. The summed E-state index contributed by atoms with van der Waals surface area (Å²) in [5.41, 5.74) is 2.80. The van der Waals surface area contributed by atoms with Crippen LogP contribution in [-0.2, 0) is 6.54 Å². The average molecular weight is 368 g/mol. The second kappa shape index (κ2) is 6.63. The van der Waals surface area contributed by atoms with Crippen LogP contribution in [-0.4, -0.2) is 26.7 Å². The predicted molar refractivity (Wildman–Crippen MR) is 104 cm³/mol. The first-order valence-corrected chi connectivity index (χ1v) is 8.93. The van der Waals surface area contributed by atoms with Crippen LogP contribution < -0.4 is 14.5 Å². The Bertz CT molecular complexity index is 997. The summed E-state index contributed by atoms with van der Waals surface area (Å²) >= 11 is 6.14. The van der Waals surface area contributed by atoms with Crippen molar-refractivity contribution in [1.82, 2.24) is 0 Å². The summed E-state index contributed by atoms with van der Waals surface area (Å²) in [4.78, 5) is 15.9. The topological polar surface area (TPSA) is 34.0 Å². The Balaban J connectivity index is 1.60. The van der Waals surface area contributed by atoms with E-state index in [2.05, 4.69) is 7.05 Å². The van der Waals surface area contributed by atoms with Gasteiger partial charge in [0.2, 0.25) is 0 Å². The van der Waals surface area contributed by atoms with Crippen molar-refractivity contribution in [3.63, 3.8) is 0 Å².